The van der Waals surface area contributed by atoms with Crippen molar-refractivity contribution in [1.29, 1.82) is 0 Å². The fourth-order valence-electron chi connectivity index (χ4n) is 3.54. The highest BCUT2D eigenvalue weighted by Crippen LogP contribution is 2.25. The zero-order valence-corrected chi connectivity index (χ0v) is 19.5. The van der Waals surface area contributed by atoms with Crippen LogP contribution in [0.2, 0.25) is 0 Å². The van der Waals surface area contributed by atoms with Crippen molar-refractivity contribution in [2.45, 2.75) is 29.4 Å². The molecule has 0 amide bonds. The maximum absolute atomic E-state index is 12.9. The summed E-state index contributed by atoms with van der Waals surface area (Å²) in [5.74, 6) is -0.222. The number of sulfonamides is 1. The van der Waals surface area contributed by atoms with Crippen molar-refractivity contribution in [3.63, 3.8) is 0 Å². The molecule has 1 aromatic heterocycles. The molecule has 4 aromatic rings. The predicted molar refractivity (Wildman–Crippen MR) is 125 cm³/mol. The maximum Gasteiger partial charge on any atom is 0.262 e. The Bertz CT molecular complexity index is 1520. The number of benzene rings is 3. The number of nitrogens with one attached hydrogen (secondary N) is 1. The van der Waals surface area contributed by atoms with Crippen LogP contribution in [0.4, 0.5) is 5.69 Å². The van der Waals surface area contributed by atoms with E-state index in [1.54, 1.807) is 43.8 Å². The number of nitrogens with zero attached hydrogens (tertiary/aromatic N) is 2. The molecule has 0 aliphatic rings. The number of hydrogen-bond acceptors (Lipinski definition) is 5. The first-order valence-electron chi connectivity index (χ1n) is 9.90. The normalized spacial score (nSPS) is 12.2. The summed E-state index contributed by atoms with van der Waals surface area (Å²) < 4.78 is 55.6. The van der Waals surface area contributed by atoms with Gasteiger partial charge in [0.25, 0.3) is 10.0 Å². The molecule has 166 valence electrons. The molecule has 0 bridgehead atoms. The summed E-state index contributed by atoms with van der Waals surface area (Å²) >= 11 is 0. The Hall–Kier alpha value is -3.17. The highest BCUT2D eigenvalue weighted by Gasteiger charge is 2.20. The lowest BCUT2D eigenvalue weighted by Gasteiger charge is -2.10. The molecule has 1 heterocycles. The number of sulfone groups is 1. The van der Waals surface area contributed by atoms with Crippen LogP contribution in [-0.4, -0.2) is 26.6 Å². The topological polar surface area (TPSA) is 98.1 Å². The molecule has 0 saturated carbocycles. The van der Waals surface area contributed by atoms with Gasteiger partial charge in [-0.2, -0.15) is 5.10 Å². The van der Waals surface area contributed by atoms with Crippen LogP contribution in [-0.2, 0) is 32.7 Å². The fraction of sp³-hybridized carbons (Fsp3) is 0.174. The molecule has 3 aromatic carbocycles. The monoisotopic (exact) mass is 469 g/mol. The Morgan fingerprint density at radius 1 is 0.844 bits per heavy atom. The van der Waals surface area contributed by atoms with Crippen molar-refractivity contribution in [2.24, 2.45) is 7.05 Å². The summed E-state index contributed by atoms with van der Waals surface area (Å²) in [4.78, 5) is 0.282. The second-order valence-electron chi connectivity index (χ2n) is 7.69. The molecule has 0 fully saturated rings. The van der Waals surface area contributed by atoms with Crippen LogP contribution < -0.4 is 4.72 Å². The van der Waals surface area contributed by atoms with E-state index in [1.165, 1.54) is 24.3 Å². The molecule has 4 rings (SSSR count). The largest absolute Gasteiger partial charge is 0.276 e. The number of aryl methyl sites for hydroxylation is 2. The van der Waals surface area contributed by atoms with E-state index in [0.29, 0.717) is 22.6 Å². The number of anilines is 1. The third-order valence-corrected chi connectivity index (χ3v) is 8.47. The van der Waals surface area contributed by atoms with E-state index in [2.05, 4.69) is 9.82 Å². The van der Waals surface area contributed by atoms with Gasteiger partial charge < -0.3 is 0 Å². The standard InChI is InChI=1S/C23H23N3O4S2/c1-16-23(17(2)26(3)24-16)25-32(29,30)21-11-8-18(9-12-21)15-31(27,28)22-13-10-19-6-4-5-7-20(19)14-22/h4-14,25H,15H2,1-3H3. The molecule has 0 unspecified atom stereocenters. The van der Waals surface area contributed by atoms with Crippen LogP contribution in [0.15, 0.2) is 76.5 Å². The Morgan fingerprint density at radius 3 is 2.09 bits per heavy atom. The molecule has 0 spiro atoms. The highest BCUT2D eigenvalue weighted by molar-refractivity contribution is 7.92. The molecular weight excluding hydrogens is 446 g/mol. The smallest absolute Gasteiger partial charge is 0.262 e. The summed E-state index contributed by atoms with van der Waals surface area (Å²) in [6, 6.07) is 18.5. The second kappa shape index (κ2) is 8.07. The summed E-state index contributed by atoms with van der Waals surface area (Å²) in [6.45, 7) is 3.50. The highest BCUT2D eigenvalue weighted by atomic mass is 32.2. The SMILES string of the molecule is Cc1nn(C)c(C)c1NS(=O)(=O)c1ccc(CS(=O)(=O)c2ccc3ccccc3c2)cc1. The van der Waals surface area contributed by atoms with Crippen molar-refractivity contribution in [3.8, 4) is 0 Å². The number of rotatable bonds is 6. The average Bonchev–Trinajstić information content (AvgIpc) is 2.99. The van der Waals surface area contributed by atoms with E-state index >= 15 is 0 Å². The van der Waals surface area contributed by atoms with Gasteiger partial charge in [0.2, 0.25) is 0 Å². The molecule has 1 N–H and O–H groups in total. The Balaban J connectivity index is 1.56. The number of aromatic nitrogens is 2. The minimum Gasteiger partial charge on any atom is -0.276 e. The van der Waals surface area contributed by atoms with Gasteiger partial charge in [0.05, 0.1) is 32.6 Å². The minimum absolute atomic E-state index is 0.0482. The molecule has 0 aliphatic carbocycles. The van der Waals surface area contributed by atoms with Gasteiger partial charge >= 0.3 is 0 Å². The molecule has 7 nitrogen and oxygen atoms in total. The van der Waals surface area contributed by atoms with Gasteiger partial charge in [0.15, 0.2) is 9.84 Å². The van der Waals surface area contributed by atoms with E-state index in [0.717, 1.165) is 10.8 Å². The van der Waals surface area contributed by atoms with Crippen molar-refractivity contribution >= 4 is 36.3 Å². The van der Waals surface area contributed by atoms with Crippen LogP contribution in [0, 0.1) is 13.8 Å². The quantitative estimate of drug-likeness (QED) is 0.461. The minimum atomic E-state index is -3.83. The Morgan fingerprint density at radius 2 is 1.47 bits per heavy atom. The van der Waals surface area contributed by atoms with E-state index in [9.17, 15) is 16.8 Å². The van der Waals surface area contributed by atoms with Gasteiger partial charge in [-0.15, -0.1) is 0 Å². The summed E-state index contributed by atoms with van der Waals surface area (Å²) in [5, 5.41) is 6.03. The van der Waals surface area contributed by atoms with Gasteiger partial charge in [0.1, 0.15) is 0 Å². The van der Waals surface area contributed by atoms with Crippen molar-refractivity contribution in [3.05, 3.63) is 83.7 Å². The van der Waals surface area contributed by atoms with Crippen LogP contribution in [0.25, 0.3) is 10.8 Å². The van der Waals surface area contributed by atoms with Crippen molar-refractivity contribution in [2.75, 3.05) is 4.72 Å². The zero-order valence-electron chi connectivity index (χ0n) is 17.9. The number of hydrogen-bond donors (Lipinski definition) is 1. The van der Waals surface area contributed by atoms with Gasteiger partial charge in [0, 0.05) is 7.05 Å². The molecule has 9 heteroatoms. The first-order valence-corrected chi connectivity index (χ1v) is 13.0. The van der Waals surface area contributed by atoms with E-state index < -0.39 is 19.9 Å². The van der Waals surface area contributed by atoms with E-state index in [4.69, 9.17) is 0 Å². The molecule has 32 heavy (non-hydrogen) atoms. The summed E-state index contributed by atoms with van der Waals surface area (Å²) in [7, 11) is -5.68. The lowest BCUT2D eigenvalue weighted by atomic mass is 10.1. The number of fused-ring (bicyclic) bond motifs is 1. The van der Waals surface area contributed by atoms with E-state index in [-0.39, 0.29) is 15.5 Å². The molecule has 0 radical (unpaired) electrons. The van der Waals surface area contributed by atoms with Crippen molar-refractivity contribution in [1.82, 2.24) is 9.78 Å². The zero-order chi connectivity index (χ0) is 23.1. The van der Waals surface area contributed by atoms with Crippen LogP contribution in [0.1, 0.15) is 17.0 Å². The van der Waals surface area contributed by atoms with E-state index in [1.807, 2.05) is 24.3 Å². The van der Waals surface area contributed by atoms with Gasteiger partial charge in [-0.3, -0.25) is 9.40 Å². The maximum atomic E-state index is 12.9. The van der Waals surface area contributed by atoms with Crippen molar-refractivity contribution < 1.29 is 16.8 Å². The molecular formula is C23H23N3O4S2. The van der Waals surface area contributed by atoms with Gasteiger partial charge in [-0.05, 0) is 54.4 Å². The third-order valence-electron chi connectivity index (χ3n) is 5.42. The first-order chi connectivity index (χ1) is 15.1. The van der Waals surface area contributed by atoms with Crippen LogP contribution >= 0.6 is 0 Å². The second-order valence-corrected chi connectivity index (χ2v) is 11.4. The third kappa shape index (κ3) is 4.26. The predicted octanol–water partition coefficient (Wildman–Crippen LogP) is 3.96. The molecule has 0 atom stereocenters. The molecule has 0 saturated heterocycles. The first kappa shape index (κ1) is 22.0. The van der Waals surface area contributed by atoms with Crippen LogP contribution in [0.3, 0.4) is 0 Å². The van der Waals surface area contributed by atoms with Gasteiger partial charge in [-0.25, -0.2) is 16.8 Å². The Kier molecular flexibility index (Phi) is 5.56. The lowest BCUT2D eigenvalue weighted by Crippen LogP contribution is -2.14. The average molecular weight is 470 g/mol. The van der Waals surface area contributed by atoms with Crippen LogP contribution in [0.5, 0.6) is 0 Å². The summed E-state index contributed by atoms with van der Waals surface area (Å²) in [5.41, 5.74) is 2.22. The lowest BCUT2D eigenvalue weighted by molar-refractivity contribution is 0.595. The Labute approximate surface area is 187 Å². The fourth-order valence-corrected chi connectivity index (χ4v) is 6.10. The summed E-state index contributed by atoms with van der Waals surface area (Å²) in [6.07, 6.45) is 0. The molecule has 0 aliphatic heterocycles. The van der Waals surface area contributed by atoms with Gasteiger partial charge in [-0.1, -0.05) is 42.5 Å².